The number of thiophene rings is 1. The third-order valence-electron chi connectivity index (χ3n) is 3.70. The van der Waals surface area contributed by atoms with E-state index in [9.17, 15) is 14.0 Å². The molecule has 1 aromatic heterocycles. The van der Waals surface area contributed by atoms with Gasteiger partial charge in [0.1, 0.15) is 10.7 Å². The Labute approximate surface area is 146 Å². The summed E-state index contributed by atoms with van der Waals surface area (Å²) in [7, 11) is 0. The molecule has 1 aliphatic heterocycles. The predicted octanol–water partition coefficient (Wildman–Crippen LogP) is 3.10. The lowest BCUT2D eigenvalue weighted by molar-refractivity contribution is -0.141. The van der Waals surface area contributed by atoms with Crippen LogP contribution in [-0.4, -0.2) is 49.2 Å². The summed E-state index contributed by atoms with van der Waals surface area (Å²) >= 11 is 7.21. The Balaban J connectivity index is 1.67. The number of rotatable bonds is 3. The topological polar surface area (TPSA) is 55.8 Å². The smallest absolute Gasteiger partial charge is 0.350 e. The quantitative estimate of drug-likeness (QED) is 0.778. The summed E-state index contributed by atoms with van der Waals surface area (Å²) in [5.74, 6) is -1.37. The molecule has 1 aromatic carbocycles. The molecule has 0 N–H and O–H groups in total. The maximum Gasteiger partial charge on any atom is 0.350 e. The molecule has 5 nitrogen and oxygen atoms in total. The Kier molecular flexibility index (Phi) is 5.03. The second kappa shape index (κ2) is 7.04. The van der Waals surface area contributed by atoms with E-state index in [-0.39, 0.29) is 28.5 Å². The number of carbonyl (C=O) groups excluding carboxylic acids is 2. The Morgan fingerprint density at radius 1 is 1.50 bits per heavy atom. The summed E-state index contributed by atoms with van der Waals surface area (Å²) in [5, 5.41) is 0.802. The molecule has 1 aliphatic rings. The van der Waals surface area contributed by atoms with Crippen LogP contribution in [-0.2, 0) is 14.3 Å². The molecule has 1 amide bonds. The summed E-state index contributed by atoms with van der Waals surface area (Å²) in [5.41, 5.74) is 0. The van der Waals surface area contributed by atoms with Crippen molar-refractivity contribution in [3.8, 4) is 0 Å². The number of morpholine rings is 1. The first-order valence-corrected chi connectivity index (χ1v) is 8.59. The summed E-state index contributed by atoms with van der Waals surface area (Å²) in [6, 6.07) is 4.10. The number of fused-ring (bicyclic) bond motifs is 1. The molecule has 0 radical (unpaired) electrons. The zero-order chi connectivity index (χ0) is 17.3. The van der Waals surface area contributed by atoms with Gasteiger partial charge in [-0.15, -0.1) is 11.3 Å². The van der Waals surface area contributed by atoms with Crippen LogP contribution in [0.15, 0.2) is 18.2 Å². The molecule has 2 heterocycles. The summed E-state index contributed by atoms with van der Waals surface area (Å²) < 4.78 is 24.3. The van der Waals surface area contributed by atoms with Crippen LogP contribution in [0, 0.1) is 5.82 Å². The molecule has 1 fully saturated rings. The number of halogens is 2. The van der Waals surface area contributed by atoms with E-state index < -0.39 is 11.8 Å². The first kappa shape index (κ1) is 17.1. The summed E-state index contributed by atoms with van der Waals surface area (Å²) in [4.78, 5) is 26.0. The van der Waals surface area contributed by atoms with Gasteiger partial charge in [-0.2, -0.15) is 0 Å². The van der Waals surface area contributed by atoms with Crippen LogP contribution in [0.4, 0.5) is 4.39 Å². The van der Waals surface area contributed by atoms with Gasteiger partial charge >= 0.3 is 5.97 Å². The number of benzene rings is 1. The first-order valence-electron chi connectivity index (χ1n) is 7.39. The molecule has 0 bridgehead atoms. The third-order valence-corrected chi connectivity index (χ3v) is 5.33. The van der Waals surface area contributed by atoms with Crippen molar-refractivity contribution in [2.45, 2.75) is 13.0 Å². The maximum atomic E-state index is 13.3. The highest BCUT2D eigenvalue weighted by atomic mass is 35.5. The minimum absolute atomic E-state index is 0.0367. The highest BCUT2D eigenvalue weighted by Crippen LogP contribution is 2.36. The number of ether oxygens (including phenoxy) is 2. The largest absolute Gasteiger partial charge is 0.451 e. The number of carbonyl (C=O) groups is 2. The van der Waals surface area contributed by atoms with Gasteiger partial charge in [0.05, 0.1) is 17.7 Å². The third kappa shape index (κ3) is 3.53. The van der Waals surface area contributed by atoms with E-state index in [0.717, 1.165) is 11.3 Å². The minimum Gasteiger partial charge on any atom is -0.451 e. The van der Waals surface area contributed by atoms with E-state index in [0.29, 0.717) is 29.8 Å². The molecule has 1 atom stereocenters. The van der Waals surface area contributed by atoms with Crippen LogP contribution < -0.4 is 0 Å². The lowest BCUT2D eigenvalue weighted by atomic mass is 10.2. The average molecular weight is 372 g/mol. The van der Waals surface area contributed by atoms with Gasteiger partial charge in [-0.05, 0) is 25.1 Å². The molecule has 3 rings (SSSR count). The average Bonchev–Trinajstić information content (AvgIpc) is 2.88. The van der Waals surface area contributed by atoms with E-state index in [2.05, 4.69) is 0 Å². The Morgan fingerprint density at radius 3 is 3.04 bits per heavy atom. The zero-order valence-electron chi connectivity index (χ0n) is 12.9. The van der Waals surface area contributed by atoms with Crippen molar-refractivity contribution in [2.24, 2.45) is 0 Å². The standard InChI is InChI=1S/C16H15ClFNO4S/c1-9-7-19(4-5-22-9)13(20)8-23-16(21)15-14(17)11-3-2-10(18)6-12(11)24-15/h2-3,6,9H,4-5,7-8H2,1H3. The van der Waals surface area contributed by atoms with Crippen LogP contribution in [0.3, 0.4) is 0 Å². The fourth-order valence-corrected chi connectivity index (χ4v) is 3.93. The van der Waals surface area contributed by atoms with Gasteiger partial charge in [0.2, 0.25) is 0 Å². The van der Waals surface area contributed by atoms with E-state index >= 15 is 0 Å². The zero-order valence-corrected chi connectivity index (χ0v) is 14.5. The lowest BCUT2D eigenvalue weighted by Crippen LogP contribution is -2.46. The molecule has 24 heavy (non-hydrogen) atoms. The monoisotopic (exact) mass is 371 g/mol. The van der Waals surface area contributed by atoms with Crippen LogP contribution >= 0.6 is 22.9 Å². The van der Waals surface area contributed by atoms with Gasteiger partial charge < -0.3 is 14.4 Å². The number of amides is 1. The fraction of sp³-hybridized carbons (Fsp3) is 0.375. The Morgan fingerprint density at radius 2 is 2.29 bits per heavy atom. The van der Waals surface area contributed by atoms with Gasteiger partial charge in [0.25, 0.3) is 5.91 Å². The SMILES string of the molecule is CC1CN(C(=O)COC(=O)c2sc3cc(F)ccc3c2Cl)CCO1. The molecule has 8 heteroatoms. The summed E-state index contributed by atoms with van der Waals surface area (Å²) in [6.45, 7) is 2.93. The second-order valence-electron chi connectivity index (χ2n) is 5.48. The number of esters is 1. The van der Waals surface area contributed by atoms with Gasteiger partial charge in [-0.3, -0.25) is 4.79 Å². The van der Waals surface area contributed by atoms with Gasteiger partial charge in [0, 0.05) is 23.2 Å². The van der Waals surface area contributed by atoms with Crippen LogP contribution in [0.25, 0.3) is 10.1 Å². The van der Waals surface area contributed by atoms with Crippen molar-refractivity contribution in [3.05, 3.63) is 33.9 Å². The molecule has 0 saturated carbocycles. The Bertz CT molecular complexity index is 794. The number of hydrogen-bond acceptors (Lipinski definition) is 5. The van der Waals surface area contributed by atoms with E-state index in [4.69, 9.17) is 21.1 Å². The number of nitrogens with zero attached hydrogens (tertiary/aromatic N) is 1. The molecule has 0 spiro atoms. The van der Waals surface area contributed by atoms with Crippen molar-refractivity contribution in [1.29, 1.82) is 0 Å². The molecular formula is C16H15ClFNO4S. The highest BCUT2D eigenvalue weighted by Gasteiger charge is 2.24. The Hall–Kier alpha value is -1.70. The van der Waals surface area contributed by atoms with Crippen molar-refractivity contribution >= 4 is 44.9 Å². The second-order valence-corrected chi connectivity index (χ2v) is 6.91. The van der Waals surface area contributed by atoms with Crippen molar-refractivity contribution in [3.63, 3.8) is 0 Å². The number of hydrogen-bond donors (Lipinski definition) is 0. The molecule has 1 unspecified atom stereocenters. The fourth-order valence-electron chi connectivity index (χ4n) is 2.50. The molecule has 0 aliphatic carbocycles. The summed E-state index contributed by atoms with van der Waals surface area (Å²) in [6.07, 6.45) is -0.0367. The van der Waals surface area contributed by atoms with Gasteiger partial charge in [-0.1, -0.05) is 11.6 Å². The predicted molar refractivity (Wildman–Crippen MR) is 89.1 cm³/mol. The lowest BCUT2D eigenvalue weighted by Gasteiger charge is -2.30. The van der Waals surface area contributed by atoms with E-state index in [1.54, 1.807) is 4.90 Å². The molecule has 1 saturated heterocycles. The molecule has 128 valence electrons. The van der Waals surface area contributed by atoms with Gasteiger partial charge in [0.15, 0.2) is 6.61 Å². The molecule has 2 aromatic rings. The van der Waals surface area contributed by atoms with Crippen LogP contribution in [0.5, 0.6) is 0 Å². The minimum atomic E-state index is -0.684. The van der Waals surface area contributed by atoms with Crippen molar-refractivity contribution < 1.29 is 23.5 Å². The van der Waals surface area contributed by atoms with Crippen molar-refractivity contribution in [1.82, 2.24) is 4.90 Å². The highest BCUT2D eigenvalue weighted by molar-refractivity contribution is 7.21. The first-order chi connectivity index (χ1) is 11.5. The maximum absolute atomic E-state index is 13.3. The van der Waals surface area contributed by atoms with Crippen LogP contribution in [0.1, 0.15) is 16.6 Å². The molecular weight excluding hydrogens is 357 g/mol. The van der Waals surface area contributed by atoms with Crippen molar-refractivity contribution in [2.75, 3.05) is 26.3 Å². The van der Waals surface area contributed by atoms with E-state index in [1.165, 1.54) is 18.2 Å². The van der Waals surface area contributed by atoms with E-state index in [1.807, 2.05) is 6.92 Å². The van der Waals surface area contributed by atoms with Gasteiger partial charge in [-0.25, -0.2) is 9.18 Å². The van der Waals surface area contributed by atoms with Crippen LogP contribution in [0.2, 0.25) is 5.02 Å². The normalized spacial score (nSPS) is 18.0.